The second-order valence-electron chi connectivity index (χ2n) is 3.56. The average Bonchev–Trinajstić information content (AvgIpc) is 2.71. The number of carbonyl (C=O) groups is 1. The van der Waals surface area contributed by atoms with Crippen molar-refractivity contribution in [1.82, 2.24) is 9.78 Å². The molecule has 0 aliphatic rings. The van der Waals surface area contributed by atoms with Crippen molar-refractivity contribution in [2.45, 2.75) is 0 Å². The number of ether oxygens (including phenoxy) is 1. The van der Waals surface area contributed by atoms with E-state index in [-0.39, 0.29) is 5.97 Å². The van der Waals surface area contributed by atoms with Gasteiger partial charge in [0.2, 0.25) is 0 Å². The Hall–Kier alpha value is -1.37. The number of esters is 1. The smallest absolute Gasteiger partial charge is 0.341 e. The van der Waals surface area contributed by atoms with E-state index in [1.54, 1.807) is 17.9 Å². The zero-order chi connectivity index (χ0) is 12.4. The maximum absolute atomic E-state index is 11.6. The topological polar surface area (TPSA) is 44.1 Å². The zero-order valence-corrected chi connectivity index (χ0v) is 11.6. The first kappa shape index (κ1) is 12.1. The highest BCUT2D eigenvalue weighted by atomic mass is 127. The number of nitrogens with zero attached hydrogens (tertiary/aromatic N) is 2. The Labute approximate surface area is 113 Å². The van der Waals surface area contributed by atoms with Gasteiger partial charge < -0.3 is 4.74 Å². The molecule has 5 heteroatoms. The summed E-state index contributed by atoms with van der Waals surface area (Å²) >= 11 is 2.23. The van der Waals surface area contributed by atoms with Gasteiger partial charge in [0.1, 0.15) is 11.3 Å². The molecule has 1 aromatic carbocycles. The lowest BCUT2D eigenvalue weighted by Gasteiger charge is -2.00. The van der Waals surface area contributed by atoms with Gasteiger partial charge in [-0.2, -0.15) is 5.10 Å². The van der Waals surface area contributed by atoms with Crippen LogP contribution in [-0.2, 0) is 11.8 Å². The molecule has 0 atom stereocenters. The molecular weight excluding hydrogens is 331 g/mol. The van der Waals surface area contributed by atoms with Crippen molar-refractivity contribution in [2.24, 2.45) is 7.05 Å². The van der Waals surface area contributed by atoms with E-state index in [4.69, 9.17) is 4.74 Å². The van der Waals surface area contributed by atoms with Gasteiger partial charge in [-0.3, -0.25) is 4.68 Å². The summed E-state index contributed by atoms with van der Waals surface area (Å²) in [6.07, 6.45) is 1.67. The Morgan fingerprint density at radius 3 is 2.59 bits per heavy atom. The van der Waals surface area contributed by atoms with Gasteiger partial charge in [0.15, 0.2) is 0 Å². The van der Waals surface area contributed by atoms with Crippen LogP contribution in [-0.4, -0.2) is 22.9 Å². The van der Waals surface area contributed by atoms with E-state index in [1.807, 2.05) is 24.3 Å². The van der Waals surface area contributed by atoms with Crippen LogP contribution in [0.3, 0.4) is 0 Å². The third-order valence-corrected chi connectivity index (χ3v) is 3.07. The molecule has 0 aliphatic heterocycles. The summed E-state index contributed by atoms with van der Waals surface area (Å²) in [4.78, 5) is 11.6. The average molecular weight is 342 g/mol. The van der Waals surface area contributed by atoms with Crippen LogP contribution in [0.15, 0.2) is 30.5 Å². The molecule has 17 heavy (non-hydrogen) atoms. The number of aromatic nitrogens is 2. The molecule has 0 unspecified atom stereocenters. The Morgan fingerprint density at radius 2 is 2.00 bits per heavy atom. The molecule has 1 aromatic heterocycles. The molecule has 1 heterocycles. The number of methoxy groups -OCH3 is 1. The molecule has 88 valence electrons. The third-order valence-electron chi connectivity index (χ3n) is 2.35. The lowest BCUT2D eigenvalue weighted by atomic mass is 10.1. The van der Waals surface area contributed by atoms with Crippen molar-refractivity contribution >= 4 is 28.6 Å². The molecule has 0 radical (unpaired) electrons. The summed E-state index contributed by atoms with van der Waals surface area (Å²) in [5, 5.41) is 4.29. The minimum Gasteiger partial charge on any atom is -0.465 e. The first-order chi connectivity index (χ1) is 8.11. The van der Waals surface area contributed by atoms with E-state index in [0.29, 0.717) is 11.3 Å². The van der Waals surface area contributed by atoms with E-state index in [1.165, 1.54) is 7.11 Å². The largest absolute Gasteiger partial charge is 0.465 e. The van der Waals surface area contributed by atoms with Gasteiger partial charge in [-0.05, 0) is 34.7 Å². The summed E-state index contributed by atoms with van der Waals surface area (Å²) in [6.45, 7) is 0. The monoisotopic (exact) mass is 342 g/mol. The first-order valence-electron chi connectivity index (χ1n) is 4.99. The van der Waals surface area contributed by atoms with E-state index in [9.17, 15) is 4.79 Å². The van der Waals surface area contributed by atoms with Crippen molar-refractivity contribution < 1.29 is 9.53 Å². The Bertz CT molecular complexity index is 546. The molecule has 0 saturated heterocycles. The van der Waals surface area contributed by atoms with Crippen molar-refractivity contribution in [3.05, 3.63) is 39.6 Å². The lowest BCUT2D eigenvalue weighted by molar-refractivity contribution is 0.0601. The lowest BCUT2D eigenvalue weighted by Crippen LogP contribution is -2.01. The van der Waals surface area contributed by atoms with Gasteiger partial charge in [-0.25, -0.2) is 4.79 Å². The number of carbonyl (C=O) groups excluding carboxylic acids is 1. The standard InChI is InChI=1S/C12H11IN2O2/c1-15-7-10(12(16)17-2)11(14-15)8-3-5-9(13)6-4-8/h3-7H,1-2H3. The molecule has 2 aromatic rings. The quantitative estimate of drug-likeness (QED) is 0.622. The van der Waals surface area contributed by atoms with Gasteiger partial charge in [-0.1, -0.05) is 12.1 Å². The number of benzene rings is 1. The highest BCUT2D eigenvalue weighted by Crippen LogP contribution is 2.23. The number of aryl methyl sites for hydroxylation is 1. The Kier molecular flexibility index (Phi) is 3.46. The number of hydrogen-bond acceptors (Lipinski definition) is 3. The highest BCUT2D eigenvalue weighted by molar-refractivity contribution is 14.1. The predicted molar refractivity (Wildman–Crippen MR) is 72.7 cm³/mol. The normalized spacial score (nSPS) is 10.3. The first-order valence-corrected chi connectivity index (χ1v) is 6.07. The van der Waals surface area contributed by atoms with E-state index in [0.717, 1.165) is 9.13 Å². The van der Waals surface area contributed by atoms with Crippen molar-refractivity contribution in [3.63, 3.8) is 0 Å². The summed E-state index contributed by atoms with van der Waals surface area (Å²) in [7, 11) is 3.15. The molecule has 0 aliphatic carbocycles. The van der Waals surface area contributed by atoms with Crippen LogP contribution in [0.25, 0.3) is 11.3 Å². The Balaban J connectivity index is 2.51. The number of rotatable bonds is 2. The van der Waals surface area contributed by atoms with Crippen LogP contribution < -0.4 is 0 Å². The number of hydrogen-bond donors (Lipinski definition) is 0. The molecule has 0 fully saturated rings. The summed E-state index contributed by atoms with van der Waals surface area (Å²) in [5.41, 5.74) is 2.04. The van der Waals surface area contributed by atoms with Crippen LogP contribution in [0.4, 0.5) is 0 Å². The van der Waals surface area contributed by atoms with Crippen LogP contribution in [0, 0.1) is 3.57 Å². The summed E-state index contributed by atoms with van der Waals surface area (Å²) in [6, 6.07) is 7.84. The predicted octanol–water partition coefficient (Wildman–Crippen LogP) is 2.48. The third kappa shape index (κ3) is 2.49. The van der Waals surface area contributed by atoms with Crippen molar-refractivity contribution in [1.29, 1.82) is 0 Å². The minimum atomic E-state index is -0.369. The van der Waals surface area contributed by atoms with E-state index in [2.05, 4.69) is 27.7 Å². The van der Waals surface area contributed by atoms with Gasteiger partial charge >= 0.3 is 5.97 Å². The van der Waals surface area contributed by atoms with Crippen molar-refractivity contribution in [3.8, 4) is 11.3 Å². The maximum atomic E-state index is 11.6. The number of halogens is 1. The zero-order valence-electron chi connectivity index (χ0n) is 9.48. The second-order valence-corrected chi connectivity index (χ2v) is 4.81. The van der Waals surface area contributed by atoms with Crippen LogP contribution in [0.5, 0.6) is 0 Å². The molecule has 0 saturated carbocycles. The SMILES string of the molecule is COC(=O)c1cn(C)nc1-c1ccc(I)cc1. The van der Waals surface area contributed by atoms with Crippen LogP contribution in [0.1, 0.15) is 10.4 Å². The van der Waals surface area contributed by atoms with Gasteiger partial charge in [-0.15, -0.1) is 0 Å². The minimum absolute atomic E-state index is 0.369. The fourth-order valence-corrected chi connectivity index (χ4v) is 1.93. The molecule has 0 spiro atoms. The fourth-order valence-electron chi connectivity index (χ4n) is 1.57. The van der Waals surface area contributed by atoms with Crippen LogP contribution >= 0.6 is 22.6 Å². The van der Waals surface area contributed by atoms with Crippen molar-refractivity contribution in [2.75, 3.05) is 7.11 Å². The summed E-state index contributed by atoms with van der Waals surface area (Å²) < 4.78 is 7.49. The molecule has 4 nitrogen and oxygen atoms in total. The molecular formula is C12H11IN2O2. The highest BCUT2D eigenvalue weighted by Gasteiger charge is 2.17. The second kappa shape index (κ2) is 4.87. The van der Waals surface area contributed by atoms with Gasteiger partial charge in [0.05, 0.1) is 7.11 Å². The fraction of sp³-hybridized carbons (Fsp3) is 0.167. The molecule has 0 bridgehead atoms. The summed E-state index contributed by atoms with van der Waals surface area (Å²) in [5.74, 6) is -0.369. The molecule has 0 N–H and O–H groups in total. The Morgan fingerprint density at radius 1 is 1.35 bits per heavy atom. The van der Waals surface area contributed by atoms with E-state index >= 15 is 0 Å². The molecule has 0 amide bonds. The maximum Gasteiger partial charge on any atom is 0.341 e. The van der Waals surface area contributed by atoms with Crippen LogP contribution in [0.2, 0.25) is 0 Å². The molecule has 2 rings (SSSR count). The van der Waals surface area contributed by atoms with E-state index < -0.39 is 0 Å². The van der Waals surface area contributed by atoms with Gasteiger partial charge in [0, 0.05) is 22.4 Å². The van der Waals surface area contributed by atoms with Gasteiger partial charge in [0.25, 0.3) is 0 Å².